The molecule has 2 N–H and O–H groups in total. The zero-order chi connectivity index (χ0) is 15.4. The molecule has 1 atom stereocenters. The van der Waals surface area contributed by atoms with Crippen molar-refractivity contribution < 1.29 is 14.3 Å². The maximum Gasteiger partial charge on any atom is 0.321 e. The van der Waals surface area contributed by atoms with Gasteiger partial charge in [0, 0.05) is 18.3 Å². The SMILES string of the molecule is Cc1ccc(-c2ncco2)cc1NC(=O)N(C)C(C)CO. The van der Waals surface area contributed by atoms with Gasteiger partial charge in [-0.3, -0.25) is 0 Å². The third kappa shape index (κ3) is 3.41. The summed E-state index contributed by atoms with van der Waals surface area (Å²) < 4.78 is 5.26. The van der Waals surface area contributed by atoms with Crippen LogP contribution in [-0.2, 0) is 0 Å². The highest BCUT2D eigenvalue weighted by molar-refractivity contribution is 5.91. The number of carbonyl (C=O) groups is 1. The van der Waals surface area contributed by atoms with Gasteiger partial charge in [0.05, 0.1) is 18.8 Å². The van der Waals surface area contributed by atoms with Gasteiger partial charge in [-0.25, -0.2) is 9.78 Å². The third-order valence-corrected chi connectivity index (χ3v) is 3.40. The summed E-state index contributed by atoms with van der Waals surface area (Å²) in [5.41, 5.74) is 2.41. The lowest BCUT2D eigenvalue weighted by atomic mass is 10.1. The van der Waals surface area contributed by atoms with E-state index >= 15 is 0 Å². The Morgan fingerprint density at radius 1 is 1.52 bits per heavy atom. The first-order valence-corrected chi connectivity index (χ1v) is 6.68. The molecule has 0 aliphatic carbocycles. The molecule has 2 aromatic rings. The Hall–Kier alpha value is -2.34. The third-order valence-electron chi connectivity index (χ3n) is 3.40. The molecule has 0 saturated carbocycles. The minimum absolute atomic E-state index is 0.0841. The molecule has 112 valence electrons. The molecule has 0 radical (unpaired) electrons. The fourth-order valence-electron chi connectivity index (χ4n) is 1.78. The Balaban J connectivity index is 2.20. The quantitative estimate of drug-likeness (QED) is 0.906. The highest BCUT2D eigenvalue weighted by Crippen LogP contribution is 2.24. The molecule has 0 saturated heterocycles. The first-order valence-electron chi connectivity index (χ1n) is 6.68. The van der Waals surface area contributed by atoms with Crippen molar-refractivity contribution in [2.75, 3.05) is 19.0 Å². The number of anilines is 1. The predicted molar refractivity (Wildman–Crippen MR) is 80.0 cm³/mol. The van der Waals surface area contributed by atoms with Crippen molar-refractivity contribution in [2.24, 2.45) is 0 Å². The number of nitrogens with zero attached hydrogens (tertiary/aromatic N) is 2. The first-order chi connectivity index (χ1) is 10.0. The number of oxazole rings is 1. The van der Waals surface area contributed by atoms with Crippen LogP contribution in [0.2, 0.25) is 0 Å². The van der Waals surface area contributed by atoms with Crippen LogP contribution in [0.25, 0.3) is 11.5 Å². The van der Waals surface area contributed by atoms with Crippen molar-refractivity contribution in [3.8, 4) is 11.5 Å². The lowest BCUT2D eigenvalue weighted by Gasteiger charge is -2.24. The van der Waals surface area contributed by atoms with Gasteiger partial charge < -0.3 is 19.7 Å². The Bertz CT molecular complexity index is 611. The van der Waals surface area contributed by atoms with Crippen molar-refractivity contribution in [1.29, 1.82) is 0 Å². The molecular weight excluding hydrogens is 270 g/mol. The maximum absolute atomic E-state index is 12.1. The number of aliphatic hydroxyl groups excluding tert-OH is 1. The molecule has 21 heavy (non-hydrogen) atoms. The summed E-state index contributed by atoms with van der Waals surface area (Å²) >= 11 is 0. The molecule has 1 aromatic heterocycles. The van der Waals surface area contributed by atoms with Crippen molar-refractivity contribution >= 4 is 11.7 Å². The second-order valence-electron chi connectivity index (χ2n) is 4.94. The molecule has 1 heterocycles. The van der Waals surface area contributed by atoms with Crippen LogP contribution in [0, 0.1) is 6.92 Å². The fraction of sp³-hybridized carbons (Fsp3) is 0.333. The Kier molecular flexibility index (Phi) is 4.59. The fourth-order valence-corrected chi connectivity index (χ4v) is 1.78. The van der Waals surface area contributed by atoms with E-state index in [0.717, 1.165) is 11.1 Å². The number of rotatable bonds is 4. The number of carbonyl (C=O) groups excluding carboxylic acids is 1. The van der Waals surface area contributed by atoms with E-state index in [1.54, 1.807) is 20.2 Å². The summed E-state index contributed by atoms with van der Waals surface area (Å²) in [7, 11) is 1.64. The van der Waals surface area contributed by atoms with Crippen molar-refractivity contribution in [3.63, 3.8) is 0 Å². The number of likely N-dealkylation sites (N-methyl/N-ethyl adjacent to an activating group) is 1. The molecule has 0 fully saturated rings. The number of aliphatic hydroxyl groups is 1. The van der Waals surface area contributed by atoms with E-state index in [9.17, 15) is 4.79 Å². The van der Waals surface area contributed by atoms with Gasteiger partial charge in [0.2, 0.25) is 5.89 Å². The molecular formula is C15H19N3O3. The van der Waals surface area contributed by atoms with Crippen LogP contribution in [0.5, 0.6) is 0 Å². The number of benzene rings is 1. The van der Waals surface area contributed by atoms with E-state index in [1.807, 2.05) is 25.1 Å². The number of urea groups is 1. The van der Waals surface area contributed by atoms with E-state index < -0.39 is 0 Å². The second kappa shape index (κ2) is 6.41. The Morgan fingerprint density at radius 2 is 2.29 bits per heavy atom. The molecule has 0 spiro atoms. The van der Waals surface area contributed by atoms with Gasteiger partial charge in [-0.2, -0.15) is 0 Å². The lowest BCUT2D eigenvalue weighted by Crippen LogP contribution is -2.40. The summed E-state index contributed by atoms with van der Waals surface area (Å²) in [6.07, 6.45) is 3.08. The van der Waals surface area contributed by atoms with Crippen LogP contribution < -0.4 is 5.32 Å². The molecule has 0 aliphatic heterocycles. The minimum Gasteiger partial charge on any atom is -0.445 e. The maximum atomic E-state index is 12.1. The Labute approximate surface area is 123 Å². The number of hydrogen-bond donors (Lipinski definition) is 2. The van der Waals surface area contributed by atoms with E-state index in [1.165, 1.54) is 11.2 Å². The van der Waals surface area contributed by atoms with Gasteiger partial charge in [-0.05, 0) is 31.5 Å². The molecule has 1 unspecified atom stereocenters. The summed E-state index contributed by atoms with van der Waals surface area (Å²) in [5.74, 6) is 0.502. The number of amides is 2. The summed E-state index contributed by atoms with van der Waals surface area (Å²) in [6.45, 7) is 3.60. The van der Waals surface area contributed by atoms with Gasteiger partial charge in [-0.15, -0.1) is 0 Å². The smallest absolute Gasteiger partial charge is 0.321 e. The summed E-state index contributed by atoms with van der Waals surface area (Å²) in [4.78, 5) is 17.7. The highest BCUT2D eigenvalue weighted by atomic mass is 16.3. The molecule has 6 nitrogen and oxygen atoms in total. The van der Waals surface area contributed by atoms with Gasteiger partial charge >= 0.3 is 6.03 Å². The second-order valence-corrected chi connectivity index (χ2v) is 4.94. The Morgan fingerprint density at radius 3 is 2.90 bits per heavy atom. The zero-order valence-corrected chi connectivity index (χ0v) is 12.3. The normalized spacial score (nSPS) is 12.0. The largest absolute Gasteiger partial charge is 0.445 e. The molecule has 1 aromatic carbocycles. The minimum atomic E-state index is -0.274. The number of aryl methyl sites for hydroxylation is 1. The summed E-state index contributed by atoms with van der Waals surface area (Å²) in [5, 5.41) is 11.9. The van der Waals surface area contributed by atoms with Gasteiger partial charge in [0.1, 0.15) is 6.26 Å². The van der Waals surface area contributed by atoms with Crippen LogP contribution in [-0.4, -0.2) is 40.7 Å². The topological polar surface area (TPSA) is 78.6 Å². The lowest BCUT2D eigenvalue weighted by molar-refractivity contribution is 0.166. The molecule has 0 bridgehead atoms. The van der Waals surface area contributed by atoms with Crippen LogP contribution in [0.1, 0.15) is 12.5 Å². The van der Waals surface area contributed by atoms with E-state index in [2.05, 4.69) is 10.3 Å². The predicted octanol–water partition coefficient (Wildman–Crippen LogP) is 2.49. The monoisotopic (exact) mass is 289 g/mol. The first kappa shape index (κ1) is 15.1. The van der Waals surface area contributed by atoms with Gasteiger partial charge in [0.15, 0.2) is 0 Å². The van der Waals surface area contributed by atoms with Crippen LogP contribution in [0.4, 0.5) is 10.5 Å². The molecule has 6 heteroatoms. The van der Waals surface area contributed by atoms with Crippen LogP contribution in [0.15, 0.2) is 35.1 Å². The molecule has 2 rings (SSSR count). The average Bonchev–Trinajstić information content (AvgIpc) is 3.02. The van der Waals surface area contributed by atoms with Crippen molar-refractivity contribution in [2.45, 2.75) is 19.9 Å². The zero-order valence-electron chi connectivity index (χ0n) is 12.3. The average molecular weight is 289 g/mol. The van der Waals surface area contributed by atoms with Crippen LogP contribution in [0.3, 0.4) is 0 Å². The molecule has 2 amide bonds. The summed E-state index contributed by atoms with van der Waals surface area (Å²) in [6, 6.07) is 5.07. The van der Waals surface area contributed by atoms with Gasteiger partial charge in [-0.1, -0.05) is 6.07 Å². The number of hydrogen-bond acceptors (Lipinski definition) is 4. The highest BCUT2D eigenvalue weighted by Gasteiger charge is 2.16. The van der Waals surface area contributed by atoms with E-state index in [4.69, 9.17) is 9.52 Å². The van der Waals surface area contributed by atoms with E-state index in [-0.39, 0.29) is 18.7 Å². The van der Waals surface area contributed by atoms with E-state index in [0.29, 0.717) is 11.6 Å². The van der Waals surface area contributed by atoms with Crippen LogP contribution >= 0.6 is 0 Å². The van der Waals surface area contributed by atoms with Crippen molar-refractivity contribution in [3.05, 3.63) is 36.2 Å². The molecule has 0 aliphatic rings. The standard InChI is InChI=1S/C15H19N3O3/c1-10-4-5-12(14-16-6-7-21-14)8-13(10)17-15(20)18(3)11(2)9-19/h4-8,11,19H,9H2,1-3H3,(H,17,20). The van der Waals surface area contributed by atoms with Gasteiger partial charge in [0.25, 0.3) is 0 Å². The number of nitrogens with one attached hydrogen (secondary N) is 1. The van der Waals surface area contributed by atoms with Crippen molar-refractivity contribution in [1.82, 2.24) is 9.88 Å². The number of aromatic nitrogens is 1.